The number of morpholine rings is 1. The average molecular weight is 405 g/mol. The molecular formula is C21H32N4O4. The van der Waals surface area contributed by atoms with Crippen LogP contribution in [0.25, 0.3) is 0 Å². The lowest BCUT2D eigenvalue weighted by molar-refractivity contribution is -0.384. The number of carbonyl (C=O) groups excluding carboxylic acids is 1. The van der Waals surface area contributed by atoms with Crippen molar-refractivity contribution >= 4 is 17.3 Å². The van der Waals surface area contributed by atoms with Crippen LogP contribution in [0.1, 0.15) is 37.6 Å². The molecule has 2 aliphatic rings. The van der Waals surface area contributed by atoms with Crippen molar-refractivity contribution in [3.8, 4) is 0 Å². The normalized spacial score (nSPS) is 24.2. The molecule has 2 saturated heterocycles. The van der Waals surface area contributed by atoms with Gasteiger partial charge in [0.15, 0.2) is 0 Å². The zero-order valence-electron chi connectivity index (χ0n) is 17.6. The Bertz CT molecular complexity index is 725. The molecule has 160 valence electrons. The smallest absolute Gasteiger partial charge is 0.270 e. The number of ether oxygens (including phenoxy) is 1. The number of anilines is 1. The second-order valence-electron chi connectivity index (χ2n) is 8.60. The molecule has 1 N–H and O–H groups in total. The van der Waals surface area contributed by atoms with E-state index in [1.807, 2.05) is 6.92 Å². The van der Waals surface area contributed by atoms with Gasteiger partial charge < -0.3 is 19.9 Å². The third kappa shape index (κ3) is 5.67. The summed E-state index contributed by atoms with van der Waals surface area (Å²) >= 11 is 0. The lowest BCUT2D eigenvalue weighted by Gasteiger charge is -2.36. The van der Waals surface area contributed by atoms with Crippen molar-refractivity contribution in [1.29, 1.82) is 0 Å². The van der Waals surface area contributed by atoms with E-state index in [0.29, 0.717) is 43.7 Å². The number of benzene rings is 1. The van der Waals surface area contributed by atoms with Crippen LogP contribution in [-0.4, -0.2) is 67.7 Å². The van der Waals surface area contributed by atoms with Crippen LogP contribution in [0.2, 0.25) is 0 Å². The Kier molecular flexibility index (Phi) is 7.08. The third-order valence-electron chi connectivity index (χ3n) is 5.64. The van der Waals surface area contributed by atoms with E-state index in [4.69, 9.17) is 4.74 Å². The zero-order chi connectivity index (χ0) is 21.0. The van der Waals surface area contributed by atoms with Crippen LogP contribution in [0.5, 0.6) is 0 Å². The van der Waals surface area contributed by atoms with E-state index in [0.717, 1.165) is 25.3 Å². The number of amides is 1. The van der Waals surface area contributed by atoms with E-state index in [1.54, 1.807) is 6.07 Å². The van der Waals surface area contributed by atoms with Gasteiger partial charge in [-0.3, -0.25) is 14.9 Å². The summed E-state index contributed by atoms with van der Waals surface area (Å²) in [7, 11) is 0. The lowest BCUT2D eigenvalue weighted by atomic mass is 9.92. The number of hydrogen-bond acceptors (Lipinski definition) is 6. The maximum absolute atomic E-state index is 13.1. The van der Waals surface area contributed by atoms with Gasteiger partial charge in [0.2, 0.25) is 0 Å². The van der Waals surface area contributed by atoms with Crippen LogP contribution in [-0.2, 0) is 4.74 Å². The molecule has 8 nitrogen and oxygen atoms in total. The molecule has 1 aromatic rings. The summed E-state index contributed by atoms with van der Waals surface area (Å²) in [5.74, 6) is 1.05. The van der Waals surface area contributed by atoms with Crippen LogP contribution in [0.15, 0.2) is 18.2 Å². The first-order valence-electron chi connectivity index (χ1n) is 10.5. The number of nitrogens with zero attached hydrogens (tertiary/aromatic N) is 3. The van der Waals surface area contributed by atoms with Gasteiger partial charge in [0.1, 0.15) is 0 Å². The van der Waals surface area contributed by atoms with Crippen molar-refractivity contribution < 1.29 is 14.5 Å². The van der Waals surface area contributed by atoms with Crippen LogP contribution in [0, 0.1) is 22.0 Å². The van der Waals surface area contributed by atoms with Crippen molar-refractivity contribution in [2.24, 2.45) is 11.8 Å². The topological polar surface area (TPSA) is 88.0 Å². The zero-order valence-corrected chi connectivity index (χ0v) is 17.6. The molecule has 1 amide bonds. The predicted octanol–water partition coefficient (Wildman–Crippen LogP) is 2.53. The lowest BCUT2D eigenvalue weighted by Crippen LogP contribution is -2.47. The summed E-state index contributed by atoms with van der Waals surface area (Å²) in [6.07, 6.45) is 1.24. The Morgan fingerprint density at radius 1 is 1.28 bits per heavy atom. The van der Waals surface area contributed by atoms with Gasteiger partial charge in [-0.1, -0.05) is 13.8 Å². The number of hydrogen-bond donors (Lipinski definition) is 1. The number of piperidine rings is 1. The molecule has 0 saturated carbocycles. The van der Waals surface area contributed by atoms with Crippen LogP contribution in [0.4, 0.5) is 11.4 Å². The van der Waals surface area contributed by atoms with Gasteiger partial charge in [-0.2, -0.15) is 0 Å². The van der Waals surface area contributed by atoms with Crippen molar-refractivity contribution in [2.45, 2.75) is 33.2 Å². The summed E-state index contributed by atoms with van der Waals surface area (Å²) in [4.78, 5) is 28.3. The van der Waals surface area contributed by atoms with E-state index >= 15 is 0 Å². The van der Waals surface area contributed by atoms with E-state index in [1.165, 1.54) is 18.6 Å². The molecule has 0 radical (unpaired) electrons. The molecule has 0 aliphatic carbocycles. The Labute approximate surface area is 172 Å². The summed E-state index contributed by atoms with van der Waals surface area (Å²) in [5.41, 5.74) is 1.01. The number of nitro benzene ring substituents is 1. The van der Waals surface area contributed by atoms with Crippen molar-refractivity contribution in [3.63, 3.8) is 0 Å². The number of rotatable bonds is 6. The minimum atomic E-state index is -0.459. The molecular weight excluding hydrogens is 372 g/mol. The maximum atomic E-state index is 13.1. The molecule has 8 heteroatoms. The van der Waals surface area contributed by atoms with Gasteiger partial charge in [0.05, 0.1) is 29.4 Å². The Morgan fingerprint density at radius 3 is 2.55 bits per heavy atom. The molecule has 3 rings (SSSR count). The number of non-ortho nitro benzene ring substituents is 1. The first-order valence-corrected chi connectivity index (χ1v) is 10.5. The third-order valence-corrected chi connectivity index (χ3v) is 5.64. The molecule has 3 atom stereocenters. The van der Waals surface area contributed by atoms with Gasteiger partial charge in [-0.15, -0.1) is 0 Å². The quantitative estimate of drug-likeness (QED) is 0.579. The largest absolute Gasteiger partial charge is 0.378 e. The highest BCUT2D eigenvalue weighted by molar-refractivity contribution is 6.00. The fourth-order valence-corrected chi connectivity index (χ4v) is 4.58. The minimum absolute atomic E-state index is 0.0446. The molecule has 0 aromatic heterocycles. The number of nitro groups is 1. The maximum Gasteiger partial charge on any atom is 0.270 e. The van der Waals surface area contributed by atoms with Gasteiger partial charge in [0.25, 0.3) is 11.6 Å². The van der Waals surface area contributed by atoms with Gasteiger partial charge in [0, 0.05) is 50.9 Å². The fraction of sp³-hybridized carbons (Fsp3) is 0.667. The second-order valence-corrected chi connectivity index (χ2v) is 8.60. The Morgan fingerprint density at radius 2 is 1.93 bits per heavy atom. The molecule has 29 heavy (non-hydrogen) atoms. The van der Waals surface area contributed by atoms with Crippen molar-refractivity contribution in [2.75, 3.05) is 50.8 Å². The van der Waals surface area contributed by atoms with Gasteiger partial charge in [-0.25, -0.2) is 0 Å². The second kappa shape index (κ2) is 9.54. The first-order chi connectivity index (χ1) is 13.8. The van der Waals surface area contributed by atoms with Crippen molar-refractivity contribution in [3.05, 3.63) is 33.9 Å². The molecule has 0 bridgehead atoms. The summed E-state index contributed by atoms with van der Waals surface area (Å²) in [6.45, 7) is 11.9. The highest BCUT2D eigenvalue weighted by Gasteiger charge is 2.25. The van der Waals surface area contributed by atoms with Gasteiger partial charge in [-0.05, 0) is 31.2 Å². The highest BCUT2D eigenvalue weighted by Crippen LogP contribution is 2.27. The molecule has 2 fully saturated rings. The fourth-order valence-electron chi connectivity index (χ4n) is 4.58. The molecule has 0 spiro atoms. The highest BCUT2D eigenvalue weighted by atomic mass is 16.6. The molecule has 1 aromatic carbocycles. The van der Waals surface area contributed by atoms with E-state index in [9.17, 15) is 14.9 Å². The van der Waals surface area contributed by atoms with E-state index in [2.05, 4.69) is 29.0 Å². The Balaban J connectivity index is 1.72. The van der Waals surface area contributed by atoms with Crippen molar-refractivity contribution in [1.82, 2.24) is 10.2 Å². The number of likely N-dealkylation sites (tertiary alicyclic amines) is 1. The molecule has 2 heterocycles. The minimum Gasteiger partial charge on any atom is -0.378 e. The standard InChI is InChI=1S/C21H32N4O4/c1-15-10-16(2)13-23(12-15)14-17(3)22-21(26)19-11-18(25(27)28)4-5-20(19)24-6-8-29-9-7-24/h4-5,11,15-17H,6-10,12-14H2,1-3H3,(H,22,26). The monoisotopic (exact) mass is 404 g/mol. The SMILES string of the molecule is CC1CC(C)CN(CC(C)NC(=O)c2cc([N+](=O)[O-])ccc2N2CCOCC2)C1. The summed E-state index contributed by atoms with van der Waals surface area (Å²) < 4.78 is 5.39. The summed E-state index contributed by atoms with van der Waals surface area (Å²) in [5, 5.41) is 14.3. The van der Waals surface area contributed by atoms with Crippen LogP contribution in [0.3, 0.4) is 0 Å². The van der Waals surface area contributed by atoms with Gasteiger partial charge >= 0.3 is 0 Å². The summed E-state index contributed by atoms with van der Waals surface area (Å²) in [6, 6.07) is 4.48. The Hall–Kier alpha value is -2.19. The predicted molar refractivity (Wildman–Crippen MR) is 112 cm³/mol. The number of nitrogens with one attached hydrogen (secondary N) is 1. The average Bonchev–Trinajstić information content (AvgIpc) is 2.67. The van der Waals surface area contributed by atoms with Crippen LogP contribution >= 0.6 is 0 Å². The van der Waals surface area contributed by atoms with E-state index in [-0.39, 0.29) is 17.6 Å². The number of carbonyl (C=O) groups is 1. The van der Waals surface area contributed by atoms with E-state index < -0.39 is 4.92 Å². The molecule has 2 aliphatic heterocycles. The molecule has 3 unspecified atom stereocenters. The first kappa shape index (κ1) is 21.5. The van der Waals surface area contributed by atoms with Crippen LogP contribution < -0.4 is 10.2 Å².